The Kier molecular flexibility index (Phi) is 4.40. The average molecular weight is 534 g/mol. The van der Waals surface area contributed by atoms with E-state index in [1.54, 1.807) is 6.92 Å². The fraction of sp³-hybridized carbons (Fsp3) is 0.565. The molecule has 0 saturated heterocycles. The zero-order chi connectivity index (χ0) is 35.2. The highest BCUT2D eigenvalue weighted by Gasteiger charge is 2.45. The lowest BCUT2D eigenvalue weighted by atomic mass is 10.1. The van der Waals surface area contributed by atoms with Crippen LogP contribution >= 0.6 is 11.8 Å². The molecule has 2 unspecified atom stereocenters. The lowest BCUT2D eigenvalue weighted by Crippen LogP contribution is -2.33. The molecule has 5 rings (SSSR count). The van der Waals surface area contributed by atoms with E-state index in [0.717, 1.165) is 4.68 Å². The molecule has 13 heteroatoms. The first-order valence-corrected chi connectivity index (χ1v) is 11.6. The van der Waals surface area contributed by atoms with Gasteiger partial charge in [-0.25, -0.2) is 23.4 Å². The molecule has 0 amide bonds. The molecule has 0 radical (unpaired) electrons. The van der Waals surface area contributed by atoms with E-state index in [1.165, 1.54) is 0 Å². The second-order valence-electron chi connectivity index (χ2n) is 7.90. The number of thioether (sulfide) groups is 1. The SMILES string of the molecule is [2H]c1c([2H])c(C2C([2H])([2H])[C@]2([2H])Nc2nc(SC([2H])([2H])CC)nc3c2nnn3[C@@H]2C[C@H](OC([2H])C([2H])([2H])O)[C@@H](O)[C@H]2O)c([2H])c(F)c1F. The molecule has 2 aliphatic rings. The van der Waals surface area contributed by atoms with Crippen molar-refractivity contribution < 1.29 is 43.9 Å². The summed E-state index contributed by atoms with van der Waals surface area (Å²) in [4.78, 5) is 8.50. The molecule has 4 N–H and O–H groups in total. The van der Waals surface area contributed by atoms with Crippen LogP contribution in [0.25, 0.3) is 11.2 Å². The van der Waals surface area contributed by atoms with Gasteiger partial charge >= 0.3 is 0 Å². The van der Waals surface area contributed by atoms with Crippen LogP contribution in [-0.4, -0.2) is 83.5 Å². The van der Waals surface area contributed by atoms with E-state index in [0.29, 0.717) is 11.8 Å². The highest BCUT2D eigenvalue weighted by Crippen LogP contribution is 2.44. The summed E-state index contributed by atoms with van der Waals surface area (Å²) in [6.45, 7) is -3.70. The Hall–Kier alpha value is -2.45. The quantitative estimate of drug-likeness (QED) is 0.226. The van der Waals surface area contributed by atoms with Gasteiger partial charge < -0.3 is 25.4 Å². The van der Waals surface area contributed by atoms with E-state index in [1.807, 2.05) is 0 Å². The summed E-state index contributed by atoms with van der Waals surface area (Å²) in [5.41, 5.74) is -3.14. The lowest BCUT2D eigenvalue weighted by molar-refractivity contribution is -0.0629. The number of benzene rings is 1. The van der Waals surface area contributed by atoms with Gasteiger partial charge in [0.2, 0.25) is 0 Å². The van der Waals surface area contributed by atoms with Crippen LogP contribution in [0, 0.1) is 11.6 Å². The van der Waals surface area contributed by atoms with Crippen molar-refractivity contribution in [3.63, 3.8) is 0 Å². The second-order valence-corrected chi connectivity index (χ2v) is 8.76. The van der Waals surface area contributed by atoms with Crippen LogP contribution in [0.1, 0.15) is 58.7 Å². The summed E-state index contributed by atoms with van der Waals surface area (Å²) < 4.78 is 123. The van der Waals surface area contributed by atoms with Gasteiger partial charge in [-0.15, -0.1) is 5.10 Å². The molecule has 10 nitrogen and oxygen atoms in total. The van der Waals surface area contributed by atoms with Crippen molar-refractivity contribution in [1.29, 1.82) is 0 Å². The molecule has 2 saturated carbocycles. The molecule has 194 valence electrons. The maximum Gasteiger partial charge on any atom is 0.191 e. The van der Waals surface area contributed by atoms with Crippen molar-refractivity contribution in [2.75, 3.05) is 24.2 Å². The highest BCUT2D eigenvalue weighted by atomic mass is 32.2. The highest BCUT2D eigenvalue weighted by molar-refractivity contribution is 7.99. The van der Waals surface area contributed by atoms with Crippen molar-refractivity contribution in [1.82, 2.24) is 25.0 Å². The molecule has 0 spiro atoms. The minimum absolute atomic E-state index is 0.0182. The maximum absolute atomic E-state index is 14.4. The first kappa shape index (κ1) is 15.1. The Balaban J connectivity index is 1.58. The normalized spacial score (nSPS) is 37.2. The van der Waals surface area contributed by atoms with Crippen molar-refractivity contribution in [2.45, 2.75) is 67.6 Å². The van der Waals surface area contributed by atoms with Crippen molar-refractivity contribution in [3.8, 4) is 0 Å². The fourth-order valence-corrected chi connectivity index (χ4v) is 4.40. The van der Waals surface area contributed by atoms with Gasteiger partial charge in [-0.1, -0.05) is 29.9 Å². The monoisotopic (exact) mass is 533 g/mol. The van der Waals surface area contributed by atoms with Gasteiger partial charge in [0.05, 0.1) is 34.9 Å². The first-order chi connectivity index (χ1) is 21.6. The summed E-state index contributed by atoms with van der Waals surface area (Å²) >= 11 is 0.537. The molecule has 7 atom stereocenters. The standard InChI is InChI=1S/C23H28F2N6O4S/c1-2-7-36-23-27-21(26-15-9-12(15)11-3-4-13(24)14(25)8-11)18-22(28-23)31(30-29-18)16-10-17(35-6-5-32)20(34)19(16)33/h3-4,8,12,15-17,19-20,32-34H,2,5-7,9-10H2,1H3,(H,26,27,28)/t12?,15-,16+,17-,19-,20+/m0/s1/i3D,4D,5D2,6D,7D2,8D,9D2,15D/t6?,12?,15-,16+,17-,19-,20+. The van der Waals surface area contributed by atoms with Gasteiger partial charge in [-0.3, -0.25) is 0 Å². The van der Waals surface area contributed by atoms with Gasteiger partial charge in [0, 0.05) is 29.5 Å². The fourth-order valence-electron chi connectivity index (χ4n) is 3.86. The van der Waals surface area contributed by atoms with Crippen molar-refractivity contribution >= 4 is 28.7 Å². The molecule has 0 bridgehead atoms. The van der Waals surface area contributed by atoms with Gasteiger partial charge in [0.25, 0.3) is 0 Å². The van der Waals surface area contributed by atoms with Crippen molar-refractivity contribution in [3.05, 3.63) is 35.3 Å². The number of ether oxygens (including phenoxy) is 1. The zero-order valence-corrected chi connectivity index (χ0v) is 19.3. The molecular formula is C23H28F2N6O4S. The minimum Gasteiger partial charge on any atom is -0.394 e. The number of anilines is 1. The molecule has 2 fully saturated rings. The van der Waals surface area contributed by atoms with E-state index >= 15 is 0 Å². The molecule has 2 aliphatic carbocycles. The predicted octanol–water partition coefficient (Wildman–Crippen LogP) is 2.01. The lowest BCUT2D eigenvalue weighted by Gasteiger charge is -2.17. The minimum atomic E-state index is -3.10. The molecule has 1 aromatic carbocycles. The number of hydrogen-bond acceptors (Lipinski definition) is 10. The van der Waals surface area contributed by atoms with Crippen LogP contribution < -0.4 is 5.32 Å². The second kappa shape index (κ2) is 10.5. The number of nitrogens with zero attached hydrogens (tertiary/aromatic N) is 5. The number of aliphatic hydroxyl groups excluding tert-OH is 2. The molecular weight excluding hydrogens is 494 g/mol. The summed E-state index contributed by atoms with van der Waals surface area (Å²) in [5, 5.41) is 41.0. The van der Waals surface area contributed by atoms with Crippen LogP contribution in [0.2, 0.25) is 0 Å². The molecule has 36 heavy (non-hydrogen) atoms. The third-order valence-electron chi connectivity index (χ3n) is 5.61. The third kappa shape index (κ3) is 4.90. The molecule has 2 heterocycles. The topological polar surface area (TPSA) is 138 Å². The van der Waals surface area contributed by atoms with Crippen LogP contribution in [0.15, 0.2) is 23.3 Å². The van der Waals surface area contributed by atoms with Crippen LogP contribution in [0.5, 0.6) is 0 Å². The van der Waals surface area contributed by atoms with Crippen LogP contribution in [0.3, 0.4) is 0 Å². The Morgan fingerprint density at radius 3 is 2.94 bits per heavy atom. The smallest absolute Gasteiger partial charge is 0.191 e. The Bertz CT molecular complexity index is 1690. The molecule has 3 aromatic rings. The number of hydrogen-bond donors (Lipinski definition) is 4. The zero-order valence-electron chi connectivity index (χ0n) is 29.5. The van der Waals surface area contributed by atoms with E-state index in [2.05, 4.69) is 25.6 Å². The summed E-state index contributed by atoms with van der Waals surface area (Å²) in [6, 6.07) is -7.12. The third-order valence-corrected chi connectivity index (χ3v) is 6.41. The van der Waals surface area contributed by atoms with Gasteiger partial charge in [0.15, 0.2) is 33.8 Å². The van der Waals surface area contributed by atoms with E-state index in [4.69, 9.17) is 19.8 Å². The van der Waals surface area contributed by atoms with E-state index in [-0.39, 0.29) is 29.2 Å². The van der Waals surface area contributed by atoms with Crippen LogP contribution in [0.4, 0.5) is 14.6 Å². The number of fused-ring (bicyclic) bond motifs is 1. The molecule has 0 aliphatic heterocycles. The number of aromatic nitrogens is 5. The number of rotatable bonds is 10. The Morgan fingerprint density at radius 1 is 1.33 bits per heavy atom. The Labute approximate surface area is 225 Å². The van der Waals surface area contributed by atoms with Crippen LogP contribution in [-0.2, 0) is 4.74 Å². The van der Waals surface area contributed by atoms with Gasteiger partial charge in [0.1, 0.15) is 12.2 Å². The number of nitrogens with one attached hydrogen (secondary N) is 1. The molecule has 2 aromatic heterocycles. The van der Waals surface area contributed by atoms with Gasteiger partial charge in [-0.05, 0) is 30.4 Å². The first-order valence-electron chi connectivity index (χ1n) is 16.4. The summed E-state index contributed by atoms with van der Waals surface area (Å²) in [7, 11) is 0. The van der Waals surface area contributed by atoms with Gasteiger partial charge in [-0.2, -0.15) is 0 Å². The number of halogens is 2. The summed E-state index contributed by atoms with van der Waals surface area (Å²) in [5.74, 6) is -5.74. The Morgan fingerprint density at radius 2 is 2.17 bits per heavy atom. The largest absolute Gasteiger partial charge is 0.394 e. The van der Waals surface area contributed by atoms with Crippen molar-refractivity contribution in [2.24, 2.45) is 0 Å². The van der Waals surface area contributed by atoms with E-state index in [9.17, 15) is 24.1 Å². The van der Waals surface area contributed by atoms with E-state index < -0.39 is 103 Å². The predicted molar refractivity (Wildman–Crippen MR) is 128 cm³/mol. The number of aliphatic hydroxyl groups is 3. The summed E-state index contributed by atoms with van der Waals surface area (Å²) in [6.07, 6.45) is -7.69. The average Bonchev–Trinajstić information content (AvgIpc) is 3.28. The maximum atomic E-state index is 14.4.